The predicted molar refractivity (Wildman–Crippen MR) is 78.2 cm³/mol. The lowest BCUT2D eigenvalue weighted by Gasteiger charge is -2.55. The summed E-state index contributed by atoms with van der Waals surface area (Å²) in [6.45, 7) is 2.15. The van der Waals surface area contributed by atoms with E-state index in [1.807, 2.05) is 6.08 Å². The molecular weight excluding hydrogens is 284 g/mol. The van der Waals surface area contributed by atoms with E-state index in [0.29, 0.717) is 18.3 Å². The van der Waals surface area contributed by atoms with Crippen molar-refractivity contribution >= 4 is 5.78 Å². The lowest BCUT2D eigenvalue weighted by Crippen LogP contribution is -2.63. The highest BCUT2D eigenvalue weighted by molar-refractivity contribution is 6.01. The fourth-order valence-corrected chi connectivity index (χ4v) is 4.45. The molecule has 4 rings (SSSR count). The van der Waals surface area contributed by atoms with Gasteiger partial charge in [0.25, 0.3) is 0 Å². The summed E-state index contributed by atoms with van der Waals surface area (Å²) >= 11 is 0. The molecule has 1 spiro atoms. The fourth-order valence-electron chi connectivity index (χ4n) is 4.45. The maximum atomic E-state index is 11.7. The molecule has 0 saturated carbocycles. The van der Waals surface area contributed by atoms with Crippen molar-refractivity contribution < 1.29 is 23.7 Å². The number of ether oxygens (including phenoxy) is 4. The third-order valence-electron chi connectivity index (χ3n) is 5.41. The van der Waals surface area contributed by atoms with Crippen molar-refractivity contribution in [3.63, 3.8) is 0 Å². The van der Waals surface area contributed by atoms with Crippen LogP contribution in [0.1, 0.15) is 19.3 Å². The predicted octanol–water partition coefficient (Wildman–Crippen LogP) is 1.62. The third-order valence-corrected chi connectivity index (χ3v) is 5.41. The van der Waals surface area contributed by atoms with E-state index in [4.69, 9.17) is 18.9 Å². The Kier molecular flexibility index (Phi) is 3.59. The van der Waals surface area contributed by atoms with Crippen LogP contribution in [-0.2, 0) is 23.7 Å². The number of methoxy groups -OCH3 is 1. The number of hydrogen-bond donors (Lipinski definition) is 0. The molecule has 22 heavy (non-hydrogen) atoms. The monoisotopic (exact) mass is 306 g/mol. The number of fused-ring (bicyclic) bond motifs is 4. The van der Waals surface area contributed by atoms with E-state index >= 15 is 0 Å². The summed E-state index contributed by atoms with van der Waals surface area (Å²) in [7, 11) is 1.60. The highest BCUT2D eigenvalue weighted by Crippen LogP contribution is 2.50. The van der Waals surface area contributed by atoms with E-state index < -0.39 is 5.60 Å². The number of carbonyl (C=O) groups is 1. The van der Waals surface area contributed by atoms with Gasteiger partial charge in [-0.1, -0.05) is 0 Å². The number of allylic oxidation sites excluding steroid dienone is 2. The molecule has 0 aromatic carbocycles. The van der Waals surface area contributed by atoms with Crippen LogP contribution in [0.3, 0.4) is 0 Å². The summed E-state index contributed by atoms with van der Waals surface area (Å²) in [5, 5.41) is 0. The zero-order valence-corrected chi connectivity index (χ0v) is 12.8. The average Bonchev–Trinajstić information content (AvgIpc) is 2.57. The Bertz CT molecular complexity index is 525. The molecule has 0 bridgehead atoms. The van der Waals surface area contributed by atoms with Crippen LogP contribution in [-0.4, -0.2) is 50.5 Å². The normalized spacial score (nSPS) is 44.2. The van der Waals surface area contributed by atoms with Gasteiger partial charge in [0.1, 0.15) is 11.4 Å². The SMILES string of the molecule is COC1=CC(=O)C=CC12O[C@H]1COCC[C@@H]1[C@H]1OCCC[C@@H]12. The molecule has 0 aromatic rings. The molecular formula is C17H22O5. The second-order valence-electron chi connectivity index (χ2n) is 6.51. The van der Waals surface area contributed by atoms with Gasteiger partial charge in [0.2, 0.25) is 0 Å². The molecule has 1 unspecified atom stereocenters. The minimum atomic E-state index is -0.685. The number of ketones is 1. The van der Waals surface area contributed by atoms with E-state index in [0.717, 1.165) is 32.5 Å². The van der Waals surface area contributed by atoms with Crippen LogP contribution in [0.5, 0.6) is 0 Å². The topological polar surface area (TPSA) is 54.0 Å². The van der Waals surface area contributed by atoms with Crippen LogP contribution < -0.4 is 0 Å². The number of carbonyl (C=O) groups excluding carboxylic acids is 1. The first-order valence-corrected chi connectivity index (χ1v) is 8.11. The van der Waals surface area contributed by atoms with Gasteiger partial charge in [0.15, 0.2) is 5.78 Å². The number of hydrogen-bond acceptors (Lipinski definition) is 5. The van der Waals surface area contributed by atoms with Crippen molar-refractivity contribution in [3.05, 3.63) is 24.0 Å². The molecule has 3 heterocycles. The first-order chi connectivity index (χ1) is 10.7. The highest BCUT2D eigenvalue weighted by atomic mass is 16.6. The van der Waals surface area contributed by atoms with E-state index in [1.54, 1.807) is 19.3 Å². The van der Waals surface area contributed by atoms with Crippen LogP contribution in [0, 0.1) is 11.8 Å². The molecule has 3 fully saturated rings. The smallest absolute Gasteiger partial charge is 0.181 e. The van der Waals surface area contributed by atoms with Crippen molar-refractivity contribution in [2.75, 3.05) is 26.9 Å². The lowest BCUT2D eigenvalue weighted by molar-refractivity contribution is -0.258. The molecule has 0 aromatic heterocycles. The van der Waals surface area contributed by atoms with Gasteiger partial charge in [-0.25, -0.2) is 0 Å². The highest BCUT2D eigenvalue weighted by Gasteiger charge is 2.58. The molecule has 120 valence electrons. The molecule has 0 N–H and O–H groups in total. The standard InChI is InChI=1S/C17H22O5/c1-19-15-9-11(18)4-6-17(15)13-3-2-7-21-16(13)12-5-8-20-10-14(12)22-17/h4,6,9,12-14,16H,2-3,5,7-8,10H2,1H3/t12-,13-,14-,16+,17?/m0/s1. The summed E-state index contributed by atoms with van der Waals surface area (Å²) in [5.41, 5.74) is -0.685. The molecule has 3 aliphatic heterocycles. The molecule has 5 heteroatoms. The Balaban J connectivity index is 1.76. The van der Waals surface area contributed by atoms with Crippen molar-refractivity contribution in [2.45, 2.75) is 37.1 Å². The molecule has 4 aliphatic rings. The zero-order valence-electron chi connectivity index (χ0n) is 12.8. The largest absolute Gasteiger partial charge is 0.498 e. The molecule has 0 radical (unpaired) electrons. The van der Waals surface area contributed by atoms with Crippen molar-refractivity contribution in [3.8, 4) is 0 Å². The summed E-state index contributed by atoms with van der Waals surface area (Å²) in [4.78, 5) is 11.7. The Hall–Kier alpha value is -1.17. The minimum absolute atomic E-state index is 0.00972. The average molecular weight is 306 g/mol. The van der Waals surface area contributed by atoms with Gasteiger partial charge < -0.3 is 18.9 Å². The Morgan fingerprint density at radius 2 is 2.23 bits per heavy atom. The third kappa shape index (κ3) is 2.07. The van der Waals surface area contributed by atoms with Gasteiger partial charge >= 0.3 is 0 Å². The quantitative estimate of drug-likeness (QED) is 0.737. The number of rotatable bonds is 1. The molecule has 3 saturated heterocycles. The molecule has 5 atom stereocenters. The first-order valence-electron chi connectivity index (χ1n) is 8.11. The van der Waals surface area contributed by atoms with Crippen LogP contribution in [0.2, 0.25) is 0 Å². The maximum Gasteiger partial charge on any atom is 0.181 e. The van der Waals surface area contributed by atoms with Crippen molar-refractivity contribution in [1.29, 1.82) is 0 Å². The van der Waals surface area contributed by atoms with Gasteiger partial charge in [-0.05, 0) is 31.4 Å². The van der Waals surface area contributed by atoms with E-state index in [2.05, 4.69) is 0 Å². The zero-order chi connectivity index (χ0) is 15.2. The van der Waals surface area contributed by atoms with Gasteiger partial charge in [0, 0.05) is 31.1 Å². The van der Waals surface area contributed by atoms with Crippen LogP contribution in [0.15, 0.2) is 24.0 Å². The Labute approximate surface area is 130 Å². The summed E-state index contributed by atoms with van der Waals surface area (Å²) in [5.74, 6) is 1.11. The fraction of sp³-hybridized carbons (Fsp3) is 0.706. The van der Waals surface area contributed by atoms with Gasteiger partial charge in [-0.3, -0.25) is 4.79 Å². The van der Waals surface area contributed by atoms with Crippen LogP contribution in [0.4, 0.5) is 0 Å². The van der Waals surface area contributed by atoms with Gasteiger partial charge in [-0.2, -0.15) is 0 Å². The van der Waals surface area contributed by atoms with Gasteiger partial charge in [-0.15, -0.1) is 0 Å². The van der Waals surface area contributed by atoms with Crippen LogP contribution >= 0.6 is 0 Å². The molecule has 5 nitrogen and oxygen atoms in total. The lowest BCUT2D eigenvalue weighted by atomic mass is 9.67. The van der Waals surface area contributed by atoms with Crippen molar-refractivity contribution in [2.24, 2.45) is 11.8 Å². The van der Waals surface area contributed by atoms with Crippen molar-refractivity contribution in [1.82, 2.24) is 0 Å². The molecule has 0 amide bonds. The minimum Gasteiger partial charge on any atom is -0.498 e. The summed E-state index contributed by atoms with van der Waals surface area (Å²) in [6.07, 6.45) is 8.17. The Morgan fingerprint density at radius 1 is 1.32 bits per heavy atom. The Morgan fingerprint density at radius 3 is 3.09 bits per heavy atom. The summed E-state index contributed by atoms with van der Waals surface area (Å²) < 4.78 is 23.8. The first kappa shape index (κ1) is 14.4. The molecule has 1 aliphatic carbocycles. The van der Waals surface area contributed by atoms with Crippen LogP contribution in [0.25, 0.3) is 0 Å². The second-order valence-corrected chi connectivity index (χ2v) is 6.51. The summed E-state index contributed by atoms with van der Waals surface area (Å²) in [6, 6.07) is 0. The van der Waals surface area contributed by atoms with E-state index in [9.17, 15) is 4.79 Å². The van der Waals surface area contributed by atoms with E-state index in [-0.39, 0.29) is 23.9 Å². The maximum absolute atomic E-state index is 11.7. The van der Waals surface area contributed by atoms with E-state index in [1.165, 1.54) is 0 Å². The van der Waals surface area contributed by atoms with Gasteiger partial charge in [0.05, 0.1) is 25.9 Å². The second kappa shape index (κ2) is 5.48.